The van der Waals surface area contributed by atoms with Crippen LogP contribution in [0.3, 0.4) is 0 Å². The summed E-state index contributed by atoms with van der Waals surface area (Å²) < 4.78 is 39.7. The van der Waals surface area contributed by atoms with E-state index in [4.69, 9.17) is 0 Å². The Bertz CT molecular complexity index is 1300. The molecular weight excluding hydrogens is 447 g/mol. The number of halogens is 3. The number of hydrogen-bond donors (Lipinski definition) is 2. The molecule has 1 amide bonds. The Balaban J connectivity index is 1.39. The van der Waals surface area contributed by atoms with Gasteiger partial charge in [0.15, 0.2) is 0 Å². The van der Waals surface area contributed by atoms with E-state index in [1.165, 1.54) is 6.07 Å². The number of nitrogens with one attached hydrogen (secondary N) is 2. The number of rotatable bonds is 7. The van der Waals surface area contributed by atoms with E-state index in [1.54, 1.807) is 23.0 Å². The van der Waals surface area contributed by atoms with Gasteiger partial charge in [0.05, 0.1) is 30.4 Å². The smallest absolute Gasteiger partial charge is 0.362 e. The molecule has 3 heterocycles. The lowest BCUT2D eigenvalue weighted by atomic mass is 10.1. The lowest BCUT2D eigenvalue weighted by Crippen LogP contribution is -2.16. The topological polar surface area (TPSA) is 97.6 Å². The second kappa shape index (κ2) is 9.46. The van der Waals surface area contributed by atoms with E-state index in [2.05, 4.69) is 30.7 Å². The molecule has 0 saturated carbocycles. The number of carbonyl (C=O) groups excluding carboxylic acids is 1. The summed E-state index contributed by atoms with van der Waals surface area (Å²) in [5.41, 5.74) is 2.12. The Morgan fingerprint density at radius 3 is 2.68 bits per heavy atom. The number of hydrogen-bond acceptors (Lipinski definition) is 6. The summed E-state index contributed by atoms with van der Waals surface area (Å²) >= 11 is 0. The second-order valence-corrected chi connectivity index (χ2v) is 7.70. The molecule has 0 aliphatic carbocycles. The number of nitrogens with zero attached hydrogens (tertiary/aromatic N) is 5. The van der Waals surface area contributed by atoms with Gasteiger partial charge < -0.3 is 10.6 Å². The van der Waals surface area contributed by atoms with Gasteiger partial charge in [-0.2, -0.15) is 18.3 Å². The van der Waals surface area contributed by atoms with Crippen molar-refractivity contribution in [2.75, 3.05) is 10.6 Å². The maximum Gasteiger partial charge on any atom is 0.417 e. The van der Waals surface area contributed by atoms with Crippen molar-refractivity contribution < 1.29 is 18.0 Å². The number of amides is 1. The number of alkyl halides is 3. The van der Waals surface area contributed by atoms with Gasteiger partial charge in [-0.15, -0.1) is 0 Å². The van der Waals surface area contributed by atoms with E-state index in [0.717, 1.165) is 24.4 Å². The van der Waals surface area contributed by atoms with Crippen LogP contribution in [0.4, 0.5) is 24.7 Å². The molecule has 0 bridgehead atoms. The lowest BCUT2D eigenvalue weighted by Gasteiger charge is -2.16. The molecule has 0 radical (unpaired) electrons. The predicted molar refractivity (Wildman–Crippen MR) is 121 cm³/mol. The van der Waals surface area contributed by atoms with Gasteiger partial charge >= 0.3 is 6.18 Å². The van der Waals surface area contributed by atoms with Crippen LogP contribution in [0.5, 0.6) is 0 Å². The van der Waals surface area contributed by atoms with E-state index < -0.39 is 11.7 Å². The van der Waals surface area contributed by atoms with Crippen LogP contribution < -0.4 is 10.6 Å². The molecule has 176 valence electrons. The average molecular weight is 469 g/mol. The molecule has 11 heteroatoms. The minimum Gasteiger partial charge on any atom is -0.362 e. The summed E-state index contributed by atoms with van der Waals surface area (Å²) in [5, 5.41) is 10.4. The first-order valence-corrected chi connectivity index (χ1v) is 10.6. The molecule has 0 saturated heterocycles. The van der Waals surface area contributed by atoms with Gasteiger partial charge in [-0.05, 0) is 43.7 Å². The highest BCUT2D eigenvalue weighted by atomic mass is 19.4. The van der Waals surface area contributed by atoms with E-state index >= 15 is 0 Å². The van der Waals surface area contributed by atoms with Crippen molar-refractivity contribution >= 4 is 28.6 Å². The molecule has 0 unspecified atom stereocenters. The van der Waals surface area contributed by atoms with Gasteiger partial charge in [-0.1, -0.05) is 12.1 Å². The third kappa shape index (κ3) is 5.48. The van der Waals surface area contributed by atoms with Crippen LogP contribution in [0.1, 0.15) is 36.7 Å². The summed E-state index contributed by atoms with van der Waals surface area (Å²) in [6.45, 7) is 4.66. The van der Waals surface area contributed by atoms with Crippen LogP contribution in [0.25, 0.3) is 11.2 Å². The molecule has 8 nitrogen and oxygen atoms in total. The monoisotopic (exact) mass is 469 g/mol. The molecule has 1 aromatic carbocycles. The first-order chi connectivity index (χ1) is 16.2. The first-order valence-electron chi connectivity index (χ1n) is 10.6. The van der Waals surface area contributed by atoms with Crippen molar-refractivity contribution in [3.8, 4) is 0 Å². The van der Waals surface area contributed by atoms with Gasteiger partial charge in [0.25, 0.3) is 0 Å². The van der Waals surface area contributed by atoms with E-state index in [1.807, 2.05) is 32.2 Å². The molecule has 0 aliphatic rings. The zero-order chi connectivity index (χ0) is 24.3. The highest BCUT2D eigenvalue weighted by Crippen LogP contribution is 2.28. The summed E-state index contributed by atoms with van der Waals surface area (Å²) in [6, 6.07) is 9.22. The van der Waals surface area contributed by atoms with E-state index in [0.29, 0.717) is 22.7 Å². The minimum atomic E-state index is -4.46. The predicted octanol–water partition coefficient (Wildman–Crippen LogP) is 4.61. The average Bonchev–Trinajstić information content (AvgIpc) is 3.21. The number of benzene rings is 1. The Kier molecular flexibility index (Phi) is 6.44. The lowest BCUT2D eigenvalue weighted by molar-refractivity contribution is -0.137. The second-order valence-electron chi connectivity index (χ2n) is 7.70. The van der Waals surface area contributed by atoms with Gasteiger partial charge in [-0.3, -0.25) is 14.5 Å². The quantitative estimate of drug-likeness (QED) is 0.410. The maximum absolute atomic E-state index is 12.7. The van der Waals surface area contributed by atoms with Gasteiger partial charge in [0, 0.05) is 24.1 Å². The molecule has 4 aromatic rings. The van der Waals surface area contributed by atoms with Crippen LogP contribution in [-0.4, -0.2) is 30.6 Å². The molecule has 0 spiro atoms. The largest absolute Gasteiger partial charge is 0.417 e. The maximum atomic E-state index is 12.7. The molecule has 4 rings (SSSR count). The molecule has 3 aromatic heterocycles. The Morgan fingerprint density at radius 2 is 1.97 bits per heavy atom. The SMILES string of the molecule is CCn1cc2ncc(N[C@@H](C)c3cccc(NC(=O)Cc4ccc(C(F)(F)F)cn4)c3)nc2n1. The van der Waals surface area contributed by atoms with E-state index in [-0.39, 0.29) is 24.1 Å². The highest BCUT2D eigenvalue weighted by Gasteiger charge is 2.30. The number of fused-ring (bicyclic) bond motifs is 1. The summed E-state index contributed by atoms with van der Waals surface area (Å²) in [7, 11) is 0. The van der Waals surface area contributed by atoms with Crippen molar-refractivity contribution in [2.24, 2.45) is 0 Å². The number of aryl methyl sites for hydroxylation is 1. The van der Waals surface area contributed by atoms with Crippen LogP contribution in [0.2, 0.25) is 0 Å². The van der Waals surface area contributed by atoms with Crippen LogP contribution >= 0.6 is 0 Å². The first kappa shape index (κ1) is 23.1. The van der Waals surface area contributed by atoms with Gasteiger partial charge in [0.2, 0.25) is 11.6 Å². The van der Waals surface area contributed by atoms with Crippen LogP contribution in [-0.2, 0) is 23.9 Å². The summed E-state index contributed by atoms with van der Waals surface area (Å²) in [4.78, 5) is 25.0. The Morgan fingerprint density at radius 1 is 1.15 bits per heavy atom. The third-order valence-corrected chi connectivity index (χ3v) is 5.13. The van der Waals surface area contributed by atoms with Crippen LogP contribution in [0.15, 0.2) is 55.0 Å². The number of carbonyl (C=O) groups is 1. The number of pyridine rings is 1. The zero-order valence-corrected chi connectivity index (χ0v) is 18.5. The normalized spacial score (nSPS) is 12.5. The number of anilines is 2. The molecule has 2 N–H and O–H groups in total. The fraction of sp³-hybridized carbons (Fsp3) is 0.261. The molecule has 0 aliphatic heterocycles. The Hall–Kier alpha value is -4.02. The van der Waals surface area contributed by atoms with Crippen molar-refractivity contribution in [2.45, 2.75) is 39.0 Å². The molecular formula is C23H22F3N7O. The fourth-order valence-corrected chi connectivity index (χ4v) is 3.33. The zero-order valence-electron chi connectivity index (χ0n) is 18.5. The van der Waals surface area contributed by atoms with Crippen molar-refractivity contribution in [3.05, 3.63) is 71.8 Å². The van der Waals surface area contributed by atoms with Crippen molar-refractivity contribution in [1.29, 1.82) is 0 Å². The van der Waals surface area contributed by atoms with Crippen LogP contribution in [0, 0.1) is 0 Å². The fourth-order valence-electron chi connectivity index (χ4n) is 3.33. The Labute approximate surface area is 193 Å². The number of aromatic nitrogens is 5. The molecule has 34 heavy (non-hydrogen) atoms. The summed E-state index contributed by atoms with van der Waals surface area (Å²) in [6.07, 6.45) is -0.405. The standard InChI is InChI=1S/C23H22F3N7O/c1-3-33-13-19-22(32-33)31-20(12-28-19)29-14(2)15-5-4-6-18(9-15)30-21(34)10-17-8-7-16(11-27-17)23(24,25)26/h4-9,11-14H,3,10H2,1-2H3,(H,30,34)(H,29,31,32)/t14-/m0/s1. The van der Waals surface area contributed by atoms with Gasteiger partial charge in [0.1, 0.15) is 11.3 Å². The van der Waals surface area contributed by atoms with E-state index in [9.17, 15) is 18.0 Å². The minimum absolute atomic E-state index is 0.143. The molecule has 1 atom stereocenters. The summed E-state index contributed by atoms with van der Waals surface area (Å²) in [5.74, 6) is 0.192. The van der Waals surface area contributed by atoms with Gasteiger partial charge in [-0.25, -0.2) is 9.97 Å². The highest BCUT2D eigenvalue weighted by molar-refractivity contribution is 5.92. The third-order valence-electron chi connectivity index (χ3n) is 5.13. The van der Waals surface area contributed by atoms with Crippen molar-refractivity contribution in [3.63, 3.8) is 0 Å². The molecule has 0 fully saturated rings. The van der Waals surface area contributed by atoms with Crippen molar-refractivity contribution in [1.82, 2.24) is 24.7 Å².